The number of aliphatic imine (C=N–C) groups is 1. The van der Waals surface area contributed by atoms with Gasteiger partial charge in [0.25, 0.3) is 0 Å². The highest BCUT2D eigenvalue weighted by Gasteiger charge is 2.99. The molecule has 340 valence electrons. The van der Waals surface area contributed by atoms with E-state index in [0.717, 1.165) is 16.8 Å². The van der Waals surface area contributed by atoms with Crippen LogP contribution in [-0.4, -0.2) is 23.8 Å². The number of benzene rings is 20. The molecule has 1 saturated carbocycles. The zero-order chi connectivity index (χ0) is 48.5. The summed E-state index contributed by atoms with van der Waals surface area (Å²) in [6, 6.07) is 21.8. The van der Waals surface area contributed by atoms with Gasteiger partial charge in [-0.3, -0.25) is 4.99 Å². The first kappa shape index (κ1) is 31.4. The summed E-state index contributed by atoms with van der Waals surface area (Å²) >= 11 is 0. The molecule has 0 atom stereocenters. The Bertz CT molecular complexity index is 7410. The molecule has 2 spiro atoms. The predicted octanol–water partition coefficient (Wildman–Crippen LogP) is 19.1. The van der Waals surface area contributed by atoms with E-state index >= 15 is 4.79 Å². The van der Waals surface area contributed by atoms with Crippen molar-refractivity contribution in [2.45, 2.75) is 23.3 Å². The van der Waals surface area contributed by atoms with Gasteiger partial charge in [-0.25, -0.2) is 4.79 Å². The van der Waals surface area contributed by atoms with E-state index < -0.39 is 16.4 Å². The van der Waals surface area contributed by atoms with Gasteiger partial charge in [0.15, 0.2) is 5.54 Å². The Balaban J connectivity index is 1.06. The SMILES string of the molecule is CCOC(=O)C1(N=C(c2ccccc2)c2ccccc2)C23c4c5c6c7c8c9c(c%10c%11c2c2c4c4c%12c5c5c6c6c8c8c%13c9c9c%10c%10c%11c%11c2c2c4c4c%12c%12c5c5c6c8c6c8c%13c9c9c%10c%10c%11c2c2c4c4c%12c5c6c5c8c9c%10c2c45)C713. The smallest absolute Gasteiger partial charge is 0.336 e. The number of hydrogen-bond donors (Lipinski definition) is 0. The summed E-state index contributed by atoms with van der Waals surface area (Å²) in [5.74, 6) is -0.153. The van der Waals surface area contributed by atoms with Crippen LogP contribution in [0.5, 0.6) is 0 Å². The fraction of sp³-hybridized carbons (Fsp3) is 0.0649. The molecule has 0 unspecified atom stereocenters. The second-order valence-electron chi connectivity index (χ2n) is 27.9. The third kappa shape index (κ3) is 1.76. The van der Waals surface area contributed by atoms with E-state index in [1.54, 1.807) is 162 Å². The molecule has 0 bridgehead atoms. The number of carbonyl (C=O) groups is 1. The van der Waals surface area contributed by atoms with E-state index in [1.165, 1.54) is 152 Å². The van der Waals surface area contributed by atoms with Gasteiger partial charge >= 0.3 is 5.97 Å². The Kier molecular flexibility index (Phi) is 2.93. The van der Waals surface area contributed by atoms with Crippen molar-refractivity contribution >= 4 is 303 Å². The van der Waals surface area contributed by atoms with Crippen molar-refractivity contribution in [1.82, 2.24) is 0 Å². The molecule has 0 amide bonds. The topological polar surface area (TPSA) is 38.7 Å². The standard InChI is InChI=1S/C77H15NO2/c1-2-80-74(79)77(78-73(13-9-5-3-6-10-13)14-11-7-4-8-12-14)75-69-61-53-43-33-25-17-15-16-19-23-21(17)29-37-31(23)41-35-27(19)28-20(16)24-22-18(15)26(25)34-40-30(22)38-32(24)42-36(28)46-45(35)55-49(41)59-51(37)57(47(53)39(29)33)65(69)67(59)71-63(55)64-56(46)50(42)60-52(38)58-48(40)54(44(34)43)62(61)70(75)66(58)68(60)72(64)76(71,75)77/h3-12H,2H2,1H3. The molecule has 0 heterocycles. The Labute approximate surface area is 438 Å². The fourth-order valence-corrected chi connectivity index (χ4v) is 26.9. The molecular weight excluding hydrogens is 971 g/mol. The third-order valence-electron chi connectivity index (χ3n) is 27.3. The molecule has 0 aromatic heterocycles. The normalized spacial score (nSPS) is 22.6. The van der Waals surface area contributed by atoms with E-state index in [0.29, 0.717) is 0 Å². The van der Waals surface area contributed by atoms with Crippen molar-refractivity contribution in [1.29, 1.82) is 0 Å². The summed E-state index contributed by atoms with van der Waals surface area (Å²) in [6.45, 7) is 2.33. The van der Waals surface area contributed by atoms with Gasteiger partial charge in [-0.1, -0.05) is 60.7 Å². The van der Waals surface area contributed by atoms with Crippen molar-refractivity contribution < 1.29 is 9.53 Å². The largest absolute Gasteiger partial charge is 0.464 e. The first-order valence-electron chi connectivity index (χ1n) is 29.4. The molecule has 5 aliphatic rings. The van der Waals surface area contributed by atoms with Crippen LogP contribution in [0.2, 0.25) is 0 Å². The van der Waals surface area contributed by atoms with Gasteiger partial charge in [-0.05, 0) is 320 Å². The minimum Gasteiger partial charge on any atom is -0.464 e. The van der Waals surface area contributed by atoms with E-state index in [-0.39, 0.29) is 12.6 Å². The second kappa shape index (κ2) is 7.46. The number of hydrogen-bond acceptors (Lipinski definition) is 3. The minimum atomic E-state index is -1.39. The van der Waals surface area contributed by atoms with Crippen molar-refractivity contribution in [3.63, 3.8) is 0 Å². The van der Waals surface area contributed by atoms with Crippen molar-refractivity contribution in [3.05, 3.63) is 94.0 Å². The van der Waals surface area contributed by atoms with Gasteiger partial charge < -0.3 is 4.74 Å². The number of carbonyl (C=O) groups excluding carboxylic acids is 1. The monoisotopic (exact) mass is 985 g/mol. The zero-order valence-electron chi connectivity index (χ0n) is 41.2. The van der Waals surface area contributed by atoms with Crippen LogP contribution >= 0.6 is 0 Å². The maximum absolute atomic E-state index is 17.5. The Morgan fingerprint density at radius 3 is 0.637 bits per heavy atom. The lowest BCUT2D eigenvalue weighted by Gasteiger charge is -2.31. The predicted molar refractivity (Wildman–Crippen MR) is 332 cm³/mol. The highest BCUT2D eigenvalue weighted by atomic mass is 16.5. The quantitative estimate of drug-likeness (QED) is 0.0979. The average molecular weight is 986 g/mol. The molecule has 35 rings (SSSR count). The highest BCUT2D eigenvalue weighted by molar-refractivity contribution is 6.82. The molecule has 0 N–H and O–H groups in total. The summed E-state index contributed by atoms with van der Waals surface area (Å²) < 4.78 is 7.03. The number of rotatable bonds is 5. The van der Waals surface area contributed by atoms with Gasteiger partial charge in [0.1, 0.15) is 0 Å². The lowest BCUT2D eigenvalue weighted by atomic mass is 9.68. The maximum atomic E-state index is 17.5. The number of nitrogens with zero attached hydrogens (tertiary/aromatic N) is 1. The van der Waals surface area contributed by atoms with Crippen LogP contribution in [0.3, 0.4) is 0 Å². The van der Waals surface area contributed by atoms with Crippen LogP contribution in [0.1, 0.15) is 40.3 Å². The van der Waals surface area contributed by atoms with Crippen molar-refractivity contribution in [2.24, 2.45) is 4.99 Å². The maximum Gasteiger partial charge on any atom is 0.336 e. The van der Waals surface area contributed by atoms with Gasteiger partial charge in [0.2, 0.25) is 0 Å². The van der Waals surface area contributed by atoms with Crippen LogP contribution in [0.4, 0.5) is 0 Å². The summed E-state index contributed by atoms with van der Waals surface area (Å²) in [5.41, 5.74) is 5.55. The third-order valence-corrected chi connectivity index (χ3v) is 27.3. The van der Waals surface area contributed by atoms with Gasteiger partial charge in [0, 0.05) is 11.1 Å². The molecule has 5 aliphatic carbocycles. The van der Waals surface area contributed by atoms with Crippen molar-refractivity contribution in [3.8, 4) is 0 Å². The summed E-state index contributed by atoms with van der Waals surface area (Å²) in [7, 11) is 0. The van der Waals surface area contributed by atoms with E-state index in [4.69, 9.17) is 9.73 Å². The lowest BCUT2D eigenvalue weighted by molar-refractivity contribution is -0.146. The molecule has 0 radical (unpaired) electrons. The van der Waals surface area contributed by atoms with Crippen LogP contribution in [0, 0.1) is 0 Å². The van der Waals surface area contributed by atoms with E-state index in [2.05, 4.69) is 60.7 Å². The Morgan fingerprint density at radius 2 is 0.463 bits per heavy atom. The number of ether oxygens (including phenoxy) is 1. The van der Waals surface area contributed by atoms with Crippen LogP contribution < -0.4 is 0 Å². The van der Waals surface area contributed by atoms with Gasteiger partial charge in [-0.15, -0.1) is 0 Å². The van der Waals surface area contributed by atoms with Crippen LogP contribution in [-0.2, 0) is 20.4 Å². The highest BCUT2D eigenvalue weighted by Crippen LogP contribution is 2.94. The van der Waals surface area contributed by atoms with E-state index in [9.17, 15) is 0 Å². The minimum absolute atomic E-state index is 0.153. The molecular formula is C77H15NO2. The summed E-state index contributed by atoms with van der Waals surface area (Å²) in [4.78, 5) is 24.2. The lowest BCUT2D eigenvalue weighted by Crippen LogP contribution is -2.35. The first-order chi connectivity index (χ1) is 39.8. The molecule has 80 heavy (non-hydrogen) atoms. The second-order valence-corrected chi connectivity index (χ2v) is 27.9. The Morgan fingerprint density at radius 1 is 0.287 bits per heavy atom. The van der Waals surface area contributed by atoms with Crippen molar-refractivity contribution in [2.75, 3.05) is 6.61 Å². The average Bonchev–Trinajstić information content (AvgIpc) is 1.37. The Hall–Kier alpha value is -9.96. The van der Waals surface area contributed by atoms with E-state index in [1.807, 2.05) is 6.92 Å². The van der Waals surface area contributed by atoms with Gasteiger partial charge in [0.05, 0.1) is 23.1 Å². The zero-order valence-corrected chi connectivity index (χ0v) is 41.2. The number of esters is 1. The molecule has 3 nitrogen and oxygen atoms in total. The molecule has 0 aliphatic heterocycles. The molecule has 30 aromatic carbocycles. The molecule has 3 heteroatoms. The first-order valence-corrected chi connectivity index (χ1v) is 29.4. The fourth-order valence-electron chi connectivity index (χ4n) is 26.9. The molecule has 1 fully saturated rings. The molecule has 0 saturated heterocycles. The van der Waals surface area contributed by atoms with Crippen LogP contribution in [0.15, 0.2) is 65.7 Å². The summed E-state index contributed by atoms with van der Waals surface area (Å²) in [5, 5.41) is 83.4. The molecule has 30 aromatic rings. The summed E-state index contributed by atoms with van der Waals surface area (Å²) in [6.07, 6.45) is 0. The van der Waals surface area contributed by atoms with Crippen LogP contribution in [0.25, 0.3) is 291 Å². The van der Waals surface area contributed by atoms with Gasteiger partial charge in [-0.2, -0.15) is 0 Å².